The Bertz CT molecular complexity index is 532. The third kappa shape index (κ3) is 3.10. The molecule has 2 aromatic rings. The van der Waals surface area contributed by atoms with Crippen LogP contribution in [0.1, 0.15) is 38.6 Å². The van der Waals surface area contributed by atoms with Crippen LogP contribution in [-0.2, 0) is 12.8 Å². The Morgan fingerprint density at radius 1 is 1.11 bits per heavy atom. The minimum atomic E-state index is 0.824. The van der Waals surface area contributed by atoms with Gasteiger partial charge < -0.3 is 5.32 Å². The van der Waals surface area contributed by atoms with Crippen LogP contribution in [0.15, 0.2) is 18.5 Å². The lowest BCUT2D eigenvalue weighted by molar-refractivity contribution is 0.768. The quantitative estimate of drug-likeness (QED) is 0.866. The van der Waals surface area contributed by atoms with Gasteiger partial charge in [0.25, 0.3) is 0 Å². The molecule has 5 nitrogen and oxygen atoms in total. The smallest absolute Gasteiger partial charge is 0.159 e. The third-order valence-corrected chi connectivity index (χ3v) is 2.98. The lowest BCUT2D eigenvalue weighted by atomic mass is 10.2. The topological polar surface area (TPSA) is 55.6 Å². The Morgan fingerprint density at radius 2 is 1.95 bits per heavy atom. The zero-order chi connectivity index (χ0) is 13.7. The van der Waals surface area contributed by atoms with E-state index in [-0.39, 0.29) is 0 Å². The first-order chi connectivity index (χ1) is 9.28. The van der Waals surface area contributed by atoms with Crippen LogP contribution in [-0.4, -0.2) is 26.3 Å². The Morgan fingerprint density at radius 3 is 2.63 bits per heavy atom. The fourth-order valence-electron chi connectivity index (χ4n) is 1.91. The maximum Gasteiger partial charge on any atom is 0.159 e. The zero-order valence-corrected chi connectivity index (χ0v) is 11.8. The summed E-state index contributed by atoms with van der Waals surface area (Å²) < 4.78 is 1.91. The van der Waals surface area contributed by atoms with Crippen molar-refractivity contribution in [3.63, 3.8) is 0 Å². The first kappa shape index (κ1) is 13.5. The average molecular weight is 259 g/mol. The molecule has 2 rings (SSSR count). The summed E-state index contributed by atoms with van der Waals surface area (Å²) in [6.45, 7) is 7.28. The molecule has 0 spiro atoms. The second-order valence-electron chi connectivity index (χ2n) is 4.43. The van der Waals surface area contributed by atoms with Crippen LogP contribution in [0.4, 0.5) is 5.82 Å². The van der Waals surface area contributed by atoms with Gasteiger partial charge in [0.15, 0.2) is 5.82 Å². The van der Waals surface area contributed by atoms with Crippen molar-refractivity contribution in [3.05, 3.63) is 29.8 Å². The van der Waals surface area contributed by atoms with Crippen LogP contribution in [0.25, 0.3) is 5.82 Å². The lowest BCUT2D eigenvalue weighted by Gasteiger charge is -2.07. The van der Waals surface area contributed by atoms with Crippen LogP contribution >= 0.6 is 0 Å². The molecule has 0 atom stereocenters. The Hall–Kier alpha value is -1.91. The molecule has 102 valence electrons. The summed E-state index contributed by atoms with van der Waals surface area (Å²) in [5.74, 6) is 1.67. The molecule has 0 aliphatic heterocycles. The van der Waals surface area contributed by atoms with Crippen LogP contribution in [0, 0.1) is 0 Å². The van der Waals surface area contributed by atoms with Gasteiger partial charge in [-0.1, -0.05) is 20.8 Å². The molecule has 2 heterocycles. The molecule has 0 aliphatic carbocycles. The zero-order valence-electron chi connectivity index (χ0n) is 11.8. The van der Waals surface area contributed by atoms with Crippen molar-refractivity contribution in [3.8, 4) is 5.82 Å². The number of nitrogens with zero attached hydrogens (tertiary/aromatic N) is 4. The molecule has 0 saturated heterocycles. The van der Waals surface area contributed by atoms with E-state index in [4.69, 9.17) is 0 Å². The number of hydrogen-bond donors (Lipinski definition) is 1. The van der Waals surface area contributed by atoms with Crippen LogP contribution in [0.5, 0.6) is 0 Å². The maximum absolute atomic E-state index is 4.59. The largest absolute Gasteiger partial charge is 0.370 e. The number of nitrogens with one attached hydrogen (secondary N) is 1. The van der Waals surface area contributed by atoms with Crippen molar-refractivity contribution in [1.29, 1.82) is 0 Å². The summed E-state index contributed by atoms with van der Waals surface area (Å²) in [7, 11) is 0. The fraction of sp³-hybridized carbons (Fsp3) is 0.500. The van der Waals surface area contributed by atoms with Gasteiger partial charge >= 0.3 is 0 Å². The van der Waals surface area contributed by atoms with E-state index in [1.165, 1.54) is 5.69 Å². The van der Waals surface area contributed by atoms with Crippen molar-refractivity contribution < 1.29 is 0 Å². The fourth-order valence-corrected chi connectivity index (χ4v) is 1.91. The first-order valence-electron chi connectivity index (χ1n) is 6.92. The highest BCUT2D eigenvalue weighted by molar-refractivity contribution is 5.41. The molecule has 0 fully saturated rings. The van der Waals surface area contributed by atoms with E-state index in [0.717, 1.165) is 43.1 Å². The number of aromatic nitrogens is 4. The second-order valence-corrected chi connectivity index (χ2v) is 4.43. The number of anilines is 1. The average Bonchev–Trinajstić information content (AvgIpc) is 2.89. The molecule has 0 radical (unpaired) electrons. The van der Waals surface area contributed by atoms with Gasteiger partial charge in [-0.25, -0.2) is 14.6 Å². The molecular formula is C14H21N5. The van der Waals surface area contributed by atoms with Crippen molar-refractivity contribution in [2.24, 2.45) is 0 Å². The molecule has 19 heavy (non-hydrogen) atoms. The monoisotopic (exact) mass is 259 g/mol. The van der Waals surface area contributed by atoms with Crippen LogP contribution < -0.4 is 5.32 Å². The molecule has 5 heteroatoms. The van der Waals surface area contributed by atoms with Gasteiger partial charge in [0.2, 0.25) is 0 Å². The minimum absolute atomic E-state index is 0.824. The Kier molecular flexibility index (Phi) is 4.49. The summed E-state index contributed by atoms with van der Waals surface area (Å²) in [6.07, 6.45) is 4.53. The van der Waals surface area contributed by atoms with Gasteiger partial charge in [-0.15, -0.1) is 0 Å². The predicted molar refractivity (Wildman–Crippen MR) is 76.7 cm³/mol. The molecule has 0 bridgehead atoms. The predicted octanol–water partition coefficient (Wildman–Crippen LogP) is 2.61. The highest BCUT2D eigenvalue weighted by Gasteiger charge is 2.09. The number of hydrogen-bond acceptors (Lipinski definition) is 4. The summed E-state index contributed by atoms with van der Waals surface area (Å²) in [5, 5.41) is 7.86. The molecule has 1 N–H and O–H groups in total. The first-order valence-corrected chi connectivity index (χ1v) is 6.92. The van der Waals surface area contributed by atoms with Crippen molar-refractivity contribution in [2.45, 2.75) is 40.0 Å². The van der Waals surface area contributed by atoms with Crippen molar-refractivity contribution in [2.75, 3.05) is 11.9 Å². The molecule has 0 saturated carbocycles. The molecule has 0 aromatic carbocycles. The SMILES string of the molecule is CCCNc1cc(-n2nc(CC)cc2CC)ncn1. The van der Waals surface area contributed by atoms with Crippen molar-refractivity contribution >= 4 is 5.82 Å². The van der Waals surface area contributed by atoms with Gasteiger partial charge in [0.05, 0.1) is 5.69 Å². The van der Waals surface area contributed by atoms with E-state index in [2.05, 4.69) is 47.2 Å². The third-order valence-electron chi connectivity index (χ3n) is 2.98. The summed E-state index contributed by atoms with van der Waals surface area (Å²) >= 11 is 0. The summed E-state index contributed by atoms with van der Waals surface area (Å²) in [6, 6.07) is 4.09. The van der Waals surface area contributed by atoms with E-state index < -0.39 is 0 Å². The second kappa shape index (κ2) is 6.31. The van der Waals surface area contributed by atoms with E-state index in [1.807, 2.05) is 10.7 Å². The van der Waals surface area contributed by atoms with Gasteiger partial charge in [0.1, 0.15) is 12.1 Å². The molecule has 2 aromatic heterocycles. The number of aryl methyl sites for hydroxylation is 2. The maximum atomic E-state index is 4.59. The minimum Gasteiger partial charge on any atom is -0.370 e. The van der Waals surface area contributed by atoms with Crippen LogP contribution in [0.3, 0.4) is 0 Å². The van der Waals surface area contributed by atoms with E-state index in [1.54, 1.807) is 6.33 Å². The standard InChI is InChI=1S/C14H21N5/c1-4-7-15-13-9-14(17-10-16-13)19-12(6-3)8-11(5-2)18-19/h8-10H,4-7H2,1-3H3,(H,15,16,17). The summed E-state index contributed by atoms with van der Waals surface area (Å²) in [5.41, 5.74) is 2.27. The molecular weight excluding hydrogens is 238 g/mol. The number of rotatable bonds is 6. The lowest BCUT2D eigenvalue weighted by Crippen LogP contribution is -2.07. The summed E-state index contributed by atoms with van der Waals surface area (Å²) in [4.78, 5) is 8.54. The van der Waals surface area contributed by atoms with Gasteiger partial charge in [0, 0.05) is 18.3 Å². The van der Waals surface area contributed by atoms with Gasteiger partial charge in [-0.2, -0.15) is 5.10 Å². The normalized spacial score (nSPS) is 10.7. The molecule has 0 unspecified atom stereocenters. The Labute approximate surface area is 114 Å². The van der Waals surface area contributed by atoms with E-state index in [9.17, 15) is 0 Å². The molecule has 0 amide bonds. The highest BCUT2D eigenvalue weighted by Crippen LogP contribution is 2.14. The van der Waals surface area contributed by atoms with Crippen molar-refractivity contribution in [1.82, 2.24) is 19.7 Å². The van der Waals surface area contributed by atoms with Crippen LogP contribution in [0.2, 0.25) is 0 Å². The van der Waals surface area contributed by atoms with Gasteiger partial charge in [-0.05, 0) is 25.3 Å². The van der Waals surface area contributed by atoms with E-state index >= 15 is 0 Å². The Balaban J connectivity index is 2.32. The highest BCUT2D eigenvalue weighted by atomic mass is 15.3. The molecule has 0 aliphatic rings. The van der Waals surface area contributed by atoms with E-state index in [0.29, 0.717) is 0 Å². The van der Waals surface area contributed by atoms with Gasteiger partial charge in [-0.3, -0.25) is 0 Å².